The number of nitrogens with one attached hydrogen (secondary N) is 2. The minimum Gasteiger partial charge on any atom is -0.339 e. The first kappa shape index (κ1) is 17.0. The van der Waals surface area contributed by atoms with Crippen LogP contribution in [0.3, 0.4) is 0 Å². The van der Waals surface area contributed by atoms with Gasteiger partial charge in [-0.3, -0.25) is 0 Å². The normalized spacial score (nSPS) is 20.7. The van der Waals surface area contributed by atoms with Gasteiger partial charge in [0.1, 0.15) is 0 Å². The lowest BCUT2D eigenvalue weighted by atomic mass is 10.1. The highest BCUT2D eigenvalue weighted by atomic mass is 16.5. The molecule has 2 fully saturated rings. The lowest BCUT2D eigenvalue weighted by molar-refractivity contribution is 0.196. The van der Waals surface area contributed by atoms with Gasteiger partial charge in [-0.05, 0) is 50.9 Å². The summed E-state index contributed by atoms with van der Waals surface area (Å²) >= 11 is 0. The Balaban J connectivity index is 1.37. The number of benzene rings is 1. The van der Waals surface area contributed by atoms with Crippen molar-refractivity contribution in [3.8, 4) is 11.4 Å². The number of amides is 2. The van der Waals surface area contributed by atoms with Gasteiger partial charge >= 0.3 is 6.03 Å². The minimum atomic E-state index is -0.170. The number of hydrogen-bond donors (Lipinski definition) is 2. The van der Waals surface area contributed by atoms with Gasteiger partial charge in [-0.15, -0.1) is 0 Å². The standard InChI is InChI=1S/C19H25N5O2/c1-2-24-10-4-7-16(12-24)21-19(25)20-15-6-3-5-14(11-15)17-22-18(26-23-17)13-8-9-13/h3,5-6,11,13,16H,2,4,7-10,12H2,1H3,(H2,20,21,25)/t16-/m1/s1. The molecule has 2 aromatic rings. The van der Waals surface area contributed by atoms with Crippen molar-refractivity contribution in [3.63, 3.8) is 0 Å². The van der Waals surface area contributed by atoms with Crippen LogP contribution in [-0.4, -0.2) is 46.7 Å². The second-order valence-electron chi connectivity index (χ2n) is 7.14. The van der Waals surface area contributed by atoms with Gasteiger partial charge in [0.2, 0.25) is 11.7 Å². The largest absolute Gasteiger partial charge is 0.339 e. The number of aromatic nitrogens is 2. The molecule has 2 aliphatic rings. The quantitative estimate of drug-likeness (QED) is 0.860. The molecule has 1 aliphatic carbocycles. The number of hydrogen-bond acceptors (Lipinski definition) is 5. The summed E-state index contributed by atoms with van der Waals surface area (Å²) in [5, 5.41) is 10.1. The summed E-state index contributed by atoms with van der Waals surface area (Å²) in [5.41, 5.74) is 1.56. The molecule has 2 amide bonds. The molecule has 4 rings (SSSR count). The summed E-state index contributed by atoms with van der Waals surface area (Å²) in [6.45, 7) is 5.21. The monoisotopic (exact) mass is 355 g/mol. The van der Waals surface area contributed by atoms with Gasteiger partial charge in [0.05, 0.1) is 0 Å². The molecule has 1 aromatic carbocycles. The lowest BCUT2D eigenvalue weighted by Gasteiger charge is -2.32. The van der Waals surface area contributed by atoms with E-state index in [9.17, 15) is 4.79 Å². The van der Waals surface area contributed by atoms with Crippen LogP contribution < -0.4 is 10.6 Å². The molecule has 1 aliphatic heterocycles. The zero-order valence-electron chi connectivity index (χ0n) is 15.1. The van der Waals surface area contributed by atoms with Gasteiger partial charge in [0, 0.05) is 29.8 Å². The molecule has 7 nitrogen and oxygen atoms in total. The van der Waals surface area contributed by atoms with Crippen LogP contribution in [0.25, 0.3) is 11.4 Å². The zero-order chi connectivity index (χ0) is 17.9. The first-order valence-corrected chi connectivity index (χ1v) is 9.45. The van der Waals surface area contributed by atoms with Gasteiger partial charge in [-0.1, -0.05) is 24.2 Å². The summed E-state index contributed by atoms with van der Waals surface area (Å²) in [6, 6.07) is 7.58. The van der Waals surface area contributed by atoms with Crippen LogP contribution >= 0.6 is 0 Å². The Morgan fingerprint density at radius 1 is 1.35 bits per heavy atom. The Labute approximate surface area is 153 Å². The highest BCUT2D eigenvalue weighted by Crippen LogP contribution is 2.39. The van der Waals surface area contributed by atoms with Gasteiger partial charge in [0.15, 0.2) is 0 Å². The van der Waals surface area contributed by atoms with E-state index in [0.717, 1.165) is 56.6 Å². The Morgan fingerprint density at radius 2 is 2.23 bits per heavy atom. The number of likely N-dealkylation sites (tertiary alicyclic amines) is 1. The van der Waals surface area contributed by atoms with Gasteiger partial charge in [-0.25, -0.2) is 4.79 Å². The molecule has 0 spiro atoms. The van der Waals surface area contributed by atoms with E-state index in [1.165, 1.54) is 0 Å². The number of urea groups is 1. The van der Waals surface area contributed by atoms with Crippen molar-refractivity contribution < 1.29 is 9.32 Å². The number of nitrogens with zero attached hydrogens (tertiary/aromatic N) is 3. The topological polar surface area (TPSA) is 83.3 Å². The summed E-state index contributed by atoms with van der Waals surface area (Å²) < 4.78 is 5.32. The molecule has 1 atom stereocenters. The van der Waals surface area contributed by atoms with E-state index in [4.69, 9.17) is 4.52 Å². The van der Waals surface area contributed by atoms with E-state index >= 15 is 0 Å². The minimum absolute atomic E-state index is 0.170. The van der Waals surface area contributed by atoms with Crippen LogP contribution in [0, 0.1) is 0 Å². The first-order valence-electron chi connectivity index (χ1n) is 9.45. The van der Waals surface area contributed by atoms with Crippen molar-refractivity contribution >= 4 is 11.7 Å². The van der Waals surface area contributed by atoms with Crippen LogP contribution in [0.1, 0.15) is 44.4 Å². The second kappa shape index (κ2) is 7.45. The van der Waals surface area contributed by atoms with Crippen LogP contribution in [0.4, 0.5) is 10.5 Å². The van der Waals surface area contributed by atoms with Crippen LogP contribution in [-0.2, 0) is 0 Å². The number of carbonyl (C=O) groups excluding carboxylic acids is 1. The average Bonchev–Trinajstić information content (AvgIpc) is 3.39. The van der Waals surface area contributed by atoms with E-state index in [2.05, 4.69) is 32.6 Å². The second-order valence-corrected chi connectivity index (χ2v) is 7.14. The maximum absolute atomic E-state index is 12.3. The molecule has 1 saturated carbocycles. The maximum Gasteiger partial charge on any atom is 0.319 e. The fourth-order valence-corrected chi connectivity index (χ4v) is 3.40. The molecular weight excluding hydrogens is 330 g/mol. The predicted molar refractivity (Wildman–Crippen MR) is 99.0 cm³/mol. The third kappa shape index (κ3) is 4.04. The first-order chi connectivity index (χ1) is 12.7. The van der Waals surface area contributed by atoms with Crippen molar-refractivity contribution in [1.29, 1.82) is 0 Å². The molecule has 138 valence electrons. The van der Waals surface area contributed by atoms with Gasteiger partial charge in [-0.2, -0.15) is 4.98 Å². The number of rotatable bonds is 5. The smallest absolute Gasteiger partial charge is 0.319 e. The Bertz CT molecular complexity index is 771. The van der Waals surface area contributed by atoms with Crippen molar-refractivity contribution in [3.05, 3.63) is 30.2 Å². The molecule has 1 aromatic heterocycles. The zero-order valence-corrected chi connectivity index (χ0v) is 15.1. The van der Waals surface area contributed by atoms with Gasteiger partial charge < -0.3 is 20.1 Å². The maximum atomic E-state index is 12.3. The van der Waals surface area contributed by atoms with Crippen LogP contribution in [0.2, 0.25) is 0 Å². The highest BCUT2D eigenvalue weighted by Gasteiger charge is 2.29. The summed E-state index contributed by atoms with van der Waals surface area (Å²) in [5.74, 6) is 1.72. The fraction of sp³-hybridized carbons (Fsp3) is 0.526. The molecular formula is C19H25N5O2. The van der Waals surface area contributed by atoms with E-state index in [1.807, 2.05) is 24.3 Å². The lowest BCUT2D eigenvalue weighted by Crippen LogP contribution is -2.48. The number of anilines is 1. The molecule has 0 bridgehead atoms. The average molecular weight is 355 g/mol. The van der Waals surface area contributed by atoms with Crippen LogP contribution in [0.5, 0.6) is 0 Å². The van der Waals surface area contributed by atoms with Crippen LogP contribution in [0.15, 0.2) is 28.8 Å². The van der Waals surface area contributed by atoms with E-state index in [-0.39, 0.29) is 12.1 Å². The SMILES string of the molecule is CCN1CCC[C@@H](NC(=O)Nc2cccc(-c3noc(C4CC4)n3)c2)C1. The Kier molecular flexibility index (Phi) is 4.88. The third-order valence-corrected chi connectivity index (χ3v) is 5.03. The molecule has 26 heavy (non-hydrogen) atoms. The third-order valence-electron chi connectivity index (χ3n) is 5.03. The molecule has 7 heteroatoms. The fourth-order valence-electron chi connectivity index (χ4n) is 3.40. The van der Waals surface area contributed by atoms with E-state index in [1.54, 1.807) is 0 Å². The van der Waals surface area contributed by atoms with Crippen molar-refractivity contribution in [2.24, 2.45) is 0 Å². The number of piperidine rings is 1. The Morgan fingerprint density at radius 3 is 3.04 bits per heavy atom. The molecule has 0 radical (unpaired) electrons. The predicted octanol–water partition coefficient (Wildman–Crippen LogP) is 3.22. The number of likely N-dealkylation sites (N-methyl/N-ethyl adjacent to an activating group) is 1. The van der Waals surface area contributed by atoms with E-state index in [0.29, 0.717) is 17.6 Å². The Hall–Kier alpha value is -2.41. The highest BCUT2D eigenvalue weighted by molar-refractivity contribution is 5.90. The van der Waals surface area contributed by atoms with Crippen molar-refractivity contribution in [1.82, 2.24) is 20.4 Å². The van der Waals surface area contributed by atoms with E-state index < -0.39 is 0 Å². The molecule has 2 N–H and O–H groups in total. The molecule has 2 heterocycles. The summed E-state index contributed by atoms with van der Waals surface area (Å²) in [6.07, 6.45) is 4.40. The molecule has 1 saturated heterocycles. The summed E-state index contributed by atoms with van der Waals surface area (Å²) in [4.78, 5) is 19.2. The number of carbonyl (C=O) groups is 1. The molecule has 0 unspecified atom stereocenters. The summed E-state index contributed by atoms with van der Waals surface area (Å²) in [7, 11) is 0. The van der Waals surface area contributed by atoms with Crippen molar-refractivity contribution in [2.45, 2.75) is 44.6 Å². The van der Waals surface area contributed by atoms with Gasteiger partial charge in [0.25, 0.3) is 0 Å². The van der Waals surface area contributed by atoms with Crippen molar-refractivity contribution in [2.75, 3.05) is 25.0 Å².